The molecule has 1 N–H and O–H groups in total. The Kier molecular flexibility index (Phi) is 3.54. The smallest absolute Gasteiger partial charge is 0.141 e. The summed E-state index contributed by atoms with van der Waals surface area (Å²) in [5, 5.41) is 3.60. The van der Waals surface area contributed by atoms with Crippen molar-refractivity contribution >= 4 is 11.6 Å². The van der Waals surface area contributed by atoms with Crippen LogP contribution >= 0.6 is 11.6 Å². The van der Waals surface area contributed by atoms with E-state index in [4.69, 9.17) is 11.6 Å². The van der Waals surface area contributed by atoms with Crippen LogP contribution in [0.4, 0.5) is 4.39 Å². The summed E-state index contributed by atoms with van der Waals surface area (Å²) >= 11 is 5.76. The molecule has 1 aliphatic carbocycles. The van der Waals surface area contributed by atoms with E-state index in [1.165, 1.54) is 17.2 Å². The minimum absolute atomic E-state index is 0.188. The van der Waals surface area contributed by atoms with Gasteiger partial charge in [0, 0.05) is 19.0 Å². The van der Waals surface area contributed by atoms with Crippen LogP contribution in [-0.4, -0.2) is 6.54 Å². The van der Waals surface area contributed by atoms with Gasteiger partial charge in [0.15, 0.2) is 0 Å². The molecule has 1 aliphatic rings. The SMILES string of the molecule is Fc1ccc(CNCC2Cc3ccccc32)cc1Cl. The highest BCUT2D eigenvalue weighted by Gasteiger charge is 2.24. The first-order valence-corrected chi connectivity index (χ1v) is 6.84. The van der Waals surface area contributed by atoms with Gasteiger partial charge >= 0.3 is 0 Å². The van der Waals surface area contributed by atoms with Crippen LogP contribution in [0.25, 0.3) is 0 Å². The van der Waals surface area contributed by atoms with E-state index in [0.29, 0.717) is 5.92 Å². The lowest BCUT2D eigenvalue weighted by atomic mass is 9.77. The Bertz CT molecular complexity index is 597. The number of rotatable bonds is 4. The number of hydrogen-bond acceptors (Lipinski definition) is 1. The molecular weight excluding hydrogens is 261 g/mol. The maximum absolute atomic E-state index is 13.0. The summed E-state index contributed by atoms with van der Waals surface area (Å²) in [5.41, 5.74) is 3.92. The van der Waals surface area contributed by atoms with Gasteiger partial charge in [-0.2, -0.15) is 0 Å². The fraction of sp³-hybridized carbons (Fsp3) is 0.250. The minimum atomic E-state index is -0.363. The second-order valence-electron chi connectivity index (χ2n) is 4.98. The predicted octanol–water partition coefficient (Wildman–Crippen LogP) is 3.91. The van der Waals surface area contributed by atoms with Gasteiger partial charge in [-0.1, -0.05) is 41.9 Å². The Morgan fingerprint density at radius 2 is 2.05 bits per heavy atom. The first kappa shape index (κ1) is 12.6. The molecule has 3 rings (SSSR count). The lowest BCUT2D eigenvalue weighted by molar-refractivity contribution is 0.535. The normalized spacial score (nSPS) is 16.8. The van der Waals surface area contributed by atoms with Gasteiger partial charge in [0.05, 0.1) is 5.02 Å². The Morgan fingerprint density at radius 3 is 2.84 bits per heavy atom. The van der Waals surface area contributed by atoms with Crippen LogP contribution in [0.2, 0.25) is 5.02 Å². The summed E-state index contributed by atoms with van der Waals surface area (Å²) in [6.07, 6.45) is 1.15. The molecule has 1 nitrogen and oxygen atoms in total. The van der Waals surface area contributed by atoms with Crippen molar-refractivity contribution in [2.45, 2.75) is 18.9 Å². The molecule has 1 unspecified atom stereocenters. The highest BCUT2D eigenvalue weighted by Crippen LogP contribution is 2.34. The van der Waals surface area contributed by atoms with Crippen molar-refractivity contribution in [3.05, 3.63) is 70.0 Å². The van der Waals surface area contributed by atoms with Crippen molar-refractivity contribution in [2.75, 3.05) is 6.54 Å². The number of fused-ring (bicyclic) bond motifs is 1. The quantitative estimate of drug-likeness (QED) is 0.892. The second-order valence-corrected chi connectivity index (χ2v) is 5.39. The van der Waals surface area contributed by atoms with Crippen LogP contribution in [-0.2, 0) is 13.0 Å². The van der Waals surface area contributed by atoms with Crippen molar-refractivity contribution in [2.24, 2.45) is 0 Å². The first-order valence-electron chi connectivity index (χ1n) is 6.46. The number of benzene rings is 2. The Labute approximate surface area is 117 Å². The van der Waals surface area contributed by atoms with Crippen LogP contribution in [0.15, 0.2) is 42.5 Å². The highest BCUT2D eigenvalue weighted by molar-refractivity contribution is 6.30. The van der Waals surface area contributed by atoms with Crippen molar-refractivity contribution in [1.82, 2.24) is 5.32 Å². The fourth-order valence-corrected chi connectivity index (χ4v) is 2.79. The Hall–Kier alpha value is -1.38. The molecule has 0 spiro atoms. The van der Waals surface area contributed by atoms with Gasteiger partial charge in [0.1, 0.15) is 5.82 Å². The monoisotopic (exact) mass is 275 g/mol. The molecule has 3 heteroatoms. The summed E-state index contributed by atoms with van der Waals surface area (Å²) in [4.78, 5) is 0. The van der Waals surface area contributed by atoms with Crippen molar-refractivity contribution < 1.29 is 4.39 Å². The van der Waals surface area contributed by atoms with Crippen LogP contribution in [0.1, 0.15) is 22.6 Å². The van der Waals surface area contributed by atoms with E-state index < -0.39 is 0 Å². The maximum Gasteiger partial charge on any atom is 0.141 e. The van der Waals surface area contributed by atoms with E-state index >= 15 is 0 Å². The van der Waals surface area contributed by atoms with E-state index in [0.717, 1.165) is 25.1 Å². The van der Waals surface area contributed by atoms with Gasteiger partial charge in [-0.05, 0) is 35.2 Å². The zero-order valence-electron chi connectivity index (χ0n) is 10.5. The summed E-state index contributed by atoms with van der Waals surface area (Å²) in [6, 6.07) is 13.4. The number of nitrogens with one attached hydrogen (secondary N) is 1. The van der Waals surface area contributed by atoms with Crippen molar-refractivity contribution in [1.29, 1.82) is 0 Å². The summed E-state index contributed by atoms with van der Waals surface area (Å²) in [7, 11) is 0. The minimum Gasteiger partial charge on any atom is -0.312 e. The lowest BCUT2D eigenvalue weighted by Crippen LogP contribution is -2.28. The lowest BCUT2D eigenvalue weighted by Gasteiger charge is -2.30. The average molecular weight is 276 g/mol. The number of halogens is 2. The standard InChI is InChI=1S/C16H15ClFN/c17-15-7-11(5-6-16(15)18)9-19-10-13-8-12-3-1-2-4-14(12)13/h1-7,13,19H,8-10H2. The molecule has 0 amide bonds. The molecule has 0 bridgehead atoms. The zero-order chi connectivity index (χ0) is 13.2. The van der Waals surface area contributed by atoms with E-state index in [-0.39, 0.29) is 10.8 Å². The van der Waals surface area contributed by atoms with E-state index in [2.05, 4.69) is 29.6 Å². The molecule has 1 atom stereocenters. The molecule has 0 aliphatic heterocycles. The van der Waals surface area contributed by atoms with Crippen molar-refractivity contribution in [3.63, 3.8) is 0 Å². The van der Waals surface area contributed by atoms with E-state index in [9.17, 15) is 4.39 Å². The third-order valence-electron chi connectivity index (χ3n) is 3.67. The third kappa shape index (κ3) is 2.65. The van der Waals surface area contributed by atoms with Crippen LogP contribution < -0.4 is 5.32 Å². The van der Waals surface area contributed by atoms with E-state index in [1.54, 1.807) is 12.1 Å². The Balaban J connectivity index is 1.53. The van der Waals surface area contributed by atoms with Crippen LogP contribution in [0.3, 0.4) is 0 Å². The van der Waals surface area contributed by atoms with Gasteiger partial charge in [0.2, 0.25) is 0 Å². The summed E-state index contributed by atoms with van der Waals surface area (Å²) in [6.45, 7) is 1.67. The van der Waals surface area contributed by atoms with Crippen molar-refractivity contribution in [3.8, 4) is 0 Å². The molecule has 0 saturated carbocycles. The molecule has 0 heterocycles. The van der Waals surface area contributed by atoms with Crippen LogP contribution in [0, 0.1) is 5.82 Å². The molecule has 0 fully saturated rings. The maximum atomic E-state index is 13.0. The first-order chi connectivity index (χ1) is 9.24. The van der Waals surface area contributed by atoms with Gasteiger partial charge in [-0.25, -0.2) is 4.39 Å². The van der Waals surface area contributed by atoms with Gasteiger partial charge in [-0.15, -0.1) is 0 Å². The van der Waals surface area contributed by atoms with E-state index in [1.807, 2.05) is 0 Å². The fourth-order valence-electron chi connectivity index (χ4n) is 2.59. The number of hydrogen-bond donors (Lipinski definition) is 1. The van der Waals surface area contributed by atoms with Gasteiger partial charge < -0.3 is 5.32 Å². The second kappa shape index (κ2) is 5.32. The zero-order valence-corrected chi connectivity index (χ0v) is 11.3. The molecule has 0 saturated heterocycles. The largest absolute Gasteiger partial charge is 0.312 e. The average Bonchev–Trinajstić information content (AvgIpc) is 2.39. The molecule has 2 aromatic rings. The molecule has 0 aromatic heterocycles. The molecule has 19 heavy (non-hydrogen) atoms. The molecule has 0 radical (unpaired) electrons. The van der Waals surface area contributed by atoms with Crippen LogP contribution in [0.5, 0.6) is 0 Å². The third-order valence-corrected chi connectivity index (χ3v) is 3.95. The van der Waals surface area contributed by atoms with Gasteiger partial charge in [-0.3, -0.25) is 0 Å². The molecule has 98 valence electrons. The molecule has 2 aromatic carbocycles. The highest BCUT2D eigenvalue weighted by atomic mass is 35.5. The predicted molar refractivity (Wildman–Crippen MR) is 76.0 cm³/mol. The Morgan fingerprint density at radius 1 is 1.21 bits per heavy atom. The molecular formula is C16H15ClFN. The van der Waals surface area contributed by atoms with Gasteiger partial charge in [0.25, 0.3) is 0 Å². The topological polar surface area (TPSA) is 12.0 Å². The summed E-state index contributed by atoms with van der Waals surface area (Å²) in [5.74, 6) is 0.241. The summed E-state index contributed by atoms with van der Waals surface area (Å²) < 4.78 is 13.0.